The Balaban J connectivity index is 1.89. The third-order valence-corrected chi connectivity index (χ3v) is 3.39. The maximum absolute atomic E-state index is 8.88. The van der Waals surface area contributed by atoms with Crippen molar-refractivity contribution in [3.8, 4) is 6.07 Å². The van der Waals surface area contributed by atoms with E-state index in [0.29, 0.717) is 0 Å². The summed E-state index contributed by atoms with van der Waals surface area (Å²) in [5.74, 6) is 0. The molecule has 0 amide bonds. The van der Waals surface area contributed by atoms with Crippen LogP contribution in [0.3, 0.4) is 0 Å². The van der Waals surface area contributed by atoms with Crippen LogP contribution in [-0.2, 0) is 6.54 Å². The highest BCUT2D eigenvalue weighted by molar-refractivity contribution is 5.81. The van der Waals surface area contributed by atoms with Crippen molar-refractivity contribution in [2.24, 2.45) is 0 Å². The van der Waals surface area contributed by atoms with E-state index in [2.05, 4.69) is 35.1 Å². The lowest BCUT2D eigenvalue weighted by molar-refractivity contribution is 0.576. The molecule has 0 saturated heterocycles. The van der Waals surface area contributed by atoms with Gasteiger partial charge in [0.2, 0.25) is 0 Å². The van der Waals surface area contributed by atoms with E-state index in [1.165, 1.54) is 24.8 Å². The van der Waals surface area contributed by atoms with E-state index >= 15 is 0 Å². The number of fused-ring (bicyclic) bond motifs is 1. The zero-order valence-corrected chi connectivity index (χ0v) is 11.5. The normalized spacial score (nSPS) is 10.7. The highest BCUT2D eigenvalue weighted by Gasteiger charge is 2.01. The minimum Gasteiger partial charge on any atom is -0.346 e. The first-order valence-corrected chi connectivity index (χ1v) is 7.05. The summed E-state index contributed by atoms with van der Waals surface area (Å²) in [7, 11) is 0. The third kappa shape index (κ3) is 3.59. The Hall–Kier alpha value is -1.79. The van der Waals surface area contributed by atoms with Gasteiger partial charge >= 0.3 is 0 Å². The van der Waals surface area contributed by atoms with Crippen LogP contribution >= 0.6 is 0 Å². The number of rotatable bonds is 7. The average Bonchev–Trinajstić information content (AvgIpc) is 2.85. The lowest BCUT2D eigenvalue weighted by Gasteiger charge is -2.07. The van der Waals surface area contributed by atoms with Crippen LogP contribution in [0.1, 0.15) is 31.7 Å². The molecule has 0 spiro atoms. The molecule has 1 heterocycles. The fourth-order valence-electron chi connectivity index (χ4n) is 2.29. The van der Waals surface area contributed by atoms with Gasteiger partial charge in [-0.1, -0.05) is 19.8 Å². The third-order valence-electron chi connectivity index (χ3n) is 3.39. The van der Waals surface area contributed by atoms with Crippen molar-refractivity contribution in [1.82, 2.24) is 9.88 Å². The Labute approximate surface area is 114 Å². The number of benzene rings is 1. The molecule has 100 valence electrons. The minimum atomic E-state index is 0.725. The fraction of sp³-hybridized carbons (Fsp3) is 0.438. The maximum Gasteiger partial charge on any atom is 0.0991 e. The molecule has 0 unspecified atom stereocenters. The van der Waals surface area contributed by atoms with Crippen LogP contribution in [0.25, 0.3) is 10.9 Å². The number of nitriles is 1. The molecule has 1 aromatic carbocycles. The van der Waals surface area contributed by atoms with Crippen LogP contribution in [0.2, 0.25) is 0 Å². The first-order chi connectivity index (χ1) is 9.35. The quantitative estimate of drug-likeness (QED) is 0.771. The number of nitrogens with one attached hydrogen (secondary N) is 1. The standard InChI is InChI=1S/C16H21N3/c1-2-3-4-8-18-9-11-19-10-7-15-12-14(13-17)5-6-16(15)19/h5-7,10,12,18H,2-4,8-9,11H2,1H3. The van der Waals surface area contributed by atoms with Gasteiger partial charge in [-0.15, -0.1) is 0 Å². The van der Waals surface area contributed by atoms with Crippen molar-refractivity contribution in [3.63, 3.8) is 0 Å². The molecule has 1 N–H and O–H groups in total. The molecule has 0 bridgehead atoms. The molecule has 2 aromatic rings. The molecule has 0 atom stereocenters. The van der Waals surface area contributed by atoms with Gasteiger partial charge in [0, 0.05) is 30.2 Å². The zero-order chi connectivity index (χ0) is 13.5. The first-order valence-electron chi connectivity index (χ1n) is 7.05. The molecule has 0 aliphatic carbocycles. The molecule has 1 aromatic heterocycles. The Morgan fingerprint density at radius 1 is 1.21 bits per heavy atom. The second kappa shape index (κ2) is 6.96. The summed E-state index contributed by atoms with van der Waals surface area (Å²) in [6.07, 6.45) is 5.93. The predicted octanol–water partition coefficient (Wildman–Crippen LogP) is 3.29. The van der Waals surface area contributed by atoms with E-state index in [4.69, 9.17) is 5.26 Å². The minimum absolute atomic E-state index is 0.725. The van der Waals surface area contributed by atoms with Crippen LogP contribution in [0.5, 0.6) is 0 Å². The first kappa shape index (κ1) is 13.6. The van der Waals surface area contributed by atoms with Crippen molar-refractivity contribution in [3.05, 3.63) is 36.0 Å². The molecule has 2 rings (SSSR count). The molecule has 0 aliphatic rings. The van der Waals surface area contributed by atoms with Crippen LogP contribution in [0, 0.1) is 11.3 Å². The van der Waals surface area contributed by atoms with Crippen LogP contribution < -0.4 is 5.32 Å². The molecular formula is C16H21N3. The number of unbranched alkanes of at least 4 members (excludes halogenated alkanes) is 2. The molecule has 0 radical (unpaired) electrons. The summed E-state index contributed by atoms with van der Waals surface area (Å²) < 4.78 is 2.24. The molecule has 0 fully saturated rings. The van der Waals surface area contributed by atoms with Gasteiger partial charge in [0.05, 0.1) is 11.6 Å². The van der Waals surface area contributed by atoms with Gasteiger partial charge in [0.25, 0.3) is 0 Å². The van der Waals surface area contributed by atoms with Crippen molar-refractivity contribution in [2.45, 2.75) is 32.7 Å². The topological polar surface area (TPSA) is 40.8 Å². The number of hydrogen-bond acceptors (Lipinski definition) is 2. The molecule has 0 aliphatic heterocycles. The van der Waals surface area contributed by atoms with Crippen molar-refractivity contribution in [2.75, 3.05) is 13.1 Å². The van der Waals surface area contributed by atoms with E-state index in [-0.39, 0.29) is 0 Å². The molecule has 19 heavy (non-hydrogen) atoms. The Morgan fingerprint density at radius 2 is 2.11 bits per heavy atom. The zero-order valence-electron chi connectivity index (χ0n) is 11.5. The van der Waals surface area contributed by atoms with E-state index in [9.17, 15) is 0 Å². The smallest absolute Gasteiger partial charge is 0.0991 e. The van der Waals surface area contributed by atoms with E-state index in [1.54, 1.807) is 0 Å². The van der Waals surface area contributed by atoms with Crippen LogP contribution in [-0.4, -0.2) is 17.7 Å². The van der Waals surface area contributed by atoms with Crippen molar-refractivity contribution in [1.29, 1.82) is 5.26 Å². The Kier molecular flexibility index (Phi) is 5.00. The highest BCUT2D eigenvalue weighted by atomic mass is 15.0. The largest absolute Gasteiger partial charge is 0.346 e. The Bertz CT molecular complexity index is 563. The van der Waals surface area contributed by atoms with E-state index in [0.717, 1.165) is 30.6 Å². The fourth-order valence-corrected chi connectivity index (χ4v) is 2.29. The van der Waals surface area contributed by atoms with Gasteiger partial charge in [0.15, 0.2) is 0 Å². The molecule has 3 nitrogen and oxygen atoms in total. The van der Waals surface area contributed by atoms with Gasteiger partial charge in [-0.25, -0.2) is 0 Å². The van der Waals surface area contributed by atoms with Gasteiger partial charge in [0.1, 0.15) is 0 Å². The van der Waals surface area contributed by atoms with Crippen molar-refractivity contribution < 1.29 is 0 Å². The van der Waals surface area contributed by atoms with Gasteiger partial charge in [-0.2, -0.15) is 5.26 Å². The summed E-state index contributed by atoms with van der Waals surface area (Å²) in [5.41, 5.74) is 1.93. The number of aromatic nitrogens is 1. The van der Waals surface area contributed by atoms with Gasteiger partial charge < -0.3 is 9.88 Å². The van der Waals surface area contributed by atoms with Crippen LogP contribution in [0.15, 0.2) is 30.5 Å². The van der Waals surface area contributed by atoms with Gasteiger partial charge in [-0.05, 0) is 37.2 Å². The molecule has 0 saturated carbocycles. The monoisotopic (exact) mass is 255 g/mol. The lowest BCUT2D eigenvalue weighted by Crippen LogP contribution is -2.20. The summed E-state index contributed by atoms with van der Waals surface area (Å²) in [6.45, 7) is 5.29. The number of hydrogen-bond donors (Lipinski definition) is 1. The average molecular weight is 255 g/mol. The van der Waals surface area contributed by atoms with E-state index in [1.807, 2.05) is 18.2 Å². The van der Waals surface area contributed by atoms with Gasteiger partial charge in [-0.3, -0.25) is 0 Å². The lowest BCUT2D eigenvalue weighted by atomic mass is 10.2. The summed E-state index contributed by atoms with van der Waals surface area (Å²) in [6, 6.07) is 10.1. The molecular weight excluding hydrogens is 234 g/mol. The predicted molar refractivity (Wildman–Crippen MR) is 79.0 cm³/mol. The summed E-state index contributed by atoms with van der Waals surface area (Å²) >= 11 is 0. The summed E-state index contributed by atoms with van der Waals surface area (Å²) in [5, 5.41) is 13.5. The second-order valence-corrected chi connectivity index (χ2v) is 4.85. The SMILES string of the molecule is CCCCCNCCn1ccc2cc(C#N)ccc21. The molecule has 3 heteroatoms. The summed E-state index contributed by atoms with van der Waals surface area (Å²) in [4.78, 5) is 0. The van der Waals surface area contributed by atoms with Crippen molar-refractivity contribution >= 4 is 10.9 Å². The van der Waals surface area contributed by atoms with E-state index < -0.39 is 0 Å². The van der Waals surface area contributed by atoms with Crippen LogP contribution in [0.4, 0.5) is 0 Å². The second-order valence-electron chi connectivity index (χ2n) is 4.85. The highest BCUT2D eigenvalue weighted by Crippen LogP contribution is 2.17. The maximum atomic E-state index is 8.88. The Morgan fingerprint density at radius 3 is 2.89 bits per heavy atom. The number of nitrogens with zero attached hydrogens (tertiary/aromatic N) is 2.